The quantitative estimate of drug-likeness (QED) is 0.749. The minimum atomic E-state index is -0.416. The summed E-state index contributed by atoms with van der Waals surface area (Å²) in [5.41, 5.74) is 1.23. The molecule has 0 fully saturated rings. The maximum absolute atomic E-state index is 9.52. The molecule has 0 amide bonds. The van der Waals surface area contributed by atoms with Crippen LogP contribution in [-0.4, -0.2) is 22.4 Å². The maximum Gasteiger partial charge on any atom is 0.0567 e. The second-order valence-electron chi connectivity index (χ2n) is 3.76. The van der Waals surface area contributed by atoms with E-state index in [0.29, 0.717) is 6.42 Å². The second-order valence-corrected chi connectivity index (χ2v) is 3.76. The van der Waals surface area contributed by atoms with Crippen molar-refractivity contribution in [2.24, 2.45) is 0 Å². The molecule has 2 N–H and O–H groups in total. The van der Waals surface area contributed by atoms with Gasteiger partial charge in [-0.25, -0.2) is 0 Å². The first-order valence-electron chi connectivity index (χ1n) is 5.08. The average molecular weight is 194 g/mol. The summed E-state index contributed by atoms with van der Waals surface area (Å²) in [5.74, 6) is 0. The van der Waals surface area contributed by atoms with E-state index in [1.807, 2.05) is 18.2 Å². The van der Waals surface area contributed by atoms with E-state index in [2.05, 4.69) is 12.1 Å². The third kappa shape index (κ3) is 4.40. The SMILES string of the molecule is C[C@@H](O)C[C@@H](O)CCc1ccccc1. The standard InChI is InChI=1S/C12H18O2/c1-10(13)9-12(14)8-7-11-5-3-2-4-6-11/h2-6,10,12-14H,7-9H2,1H3/t10-,12+/m1/s1. The van der Waals surface area contributed by atoms with Crippen molar-refractivity contribution in [2.45, 2.75) is 38.4 Å². The summed E-state index contributed by atoms with van der Waals surface area (Å²) in [4.78, 5) is 0. The first-order valence-corrected chi connectivity index (χ1v) is 5.08. The third-order valence-corrected chi connectivity index (χ3v) is 2.22. The average Bonchev–Trinajstić information content (AvgIpc) is 2.15. The molecule has 0 aromatic heterocycles. The molecular weight excluding hydrogens is 176 g/mol. The van der Waals surface area contributed by atoms with Gasteiger partial charge in [0.15, 0.2) is 0 Å². The molecule has 0 aliphatic heterocycles. The van der Waals surface area contributed by atoms with Crippen molar-refractivity contribution in [2.75, 3.05) is 0 Å². The van der Waals surface area contributed by atoms with Crippen LogP contribution in [0.4, 0.5) is 0 Å². The van der Waals surface area contributed by atoms with E-state index in [9.17, 15) is 5.11 Å². The van der Waals surface area contributed by atoms with Crippen LogP contribution < -0.4 is 0 Å². The summed E-state index contributed by atoms with van der Waals surface area (Å²) >= 11 is 0. The van der Waals surface area contributed by atoms with Crippen molar-refractivity contribution in [3.63, 3.8) is 0 Å². The number of aryl methyl sites for hydroxylation is 1. The van der Waals surface area contributed by atoms with Crippen LogP contribution in [0, 0.1) is 0 Å². The summed E-state index contributed by atoms with van der Waals surface area (Å²) in [5, 5.41) is 18.6. The molecule has 0 bridgehead atoms. The van der Waals surface area contributed by atoms with Gasteiger partial charge in [0.2, 0.25) is 0 Å². The van der Waals surface area contributed by atoms with Crippen LogP contribution in [0.2, 0.25) is 0 Å². The molecule has 0 unspecified atom stereocenters. The molecule has 14 heavy (non-hydrogen) atoms. The van der Waals surface area contributed by atoms with Gasteiger partial charge in [-0.05, 0) is 31.7 Å². The van der Waals surface area contributed by atoms with Crippen LogP contribution in [0.5, 0.6) is 0 Å². The molecule has 1 aromatic carbocycles. The zero-order valence-corrected chi connectivity index (χ0v) is 8.56. The number of aliphatic hydroxyl groups excluding tert-OH is 2. The van der Waals surface area contributed by atoms with Gasteiger partial charge in [-0.1, -0.05) is 30.3 Å². The molecule has 0 saturated heterocycles. The topological polar surface area (TPSA) is 40.5 Å². The smallest absolute Gasteiger partial charge is 0.0567 e. The number of rotatable bonds is 5. The Morgan fingerprint density at radius 3 is 2.36 bits per heavy atom. The lowest BCUT2D eigenvalue weighted by Gasteiger charge is -2.11. The van der Waals surface area contributed by atoms with E-state index in [1.165, 1.54) is 5.56 Å². The molecule has 0 saturated carbocycles. The van der Waals surface area contributed by atoms with Crippen LogP contribution in [-0.2, 0) is 6.42 Å². The van der Waals surface area contributed by atoms with E-state index in [1.54, 1.807) is 6.92 Å². The molecule has 1 rings (SSSR count). The number of aliphatic hydroxyl groups is 2. The van der Waals surface area contributed by atoms with Crippen LogP contribution in [0.25, 0.3) is 0 Å². The van der Waals surface area contributed by atoms with Crippen LogP contribution in [0.1, 0.15) is 25.3 Å². The molecule has 0 heterocycles. The van der Waals surface area contributed by atoms with E-state index >= 15 is 0 Å². The summed E-state index contributed by atoms with van der Waals surface area (Å²) < 4.78 is 0. The van der Waals surface area contributed by atoms with Crippen molar-refractivity contribution in [1.82, 2.24) is 0 Å². The Morgan fingerprint density at radius 1 is 1.14 bits per heavy atom. The van der Waals surface area contributed by atoms with Gasteiger partial charge in [-0.2, -0.15) is 0 Å². The van der Waals surface area contributed by atoms with Gasteiger partial charge >= 0.3 is 0 Å². The van der Waals surface area contributed by atoms with Crippen LogP contribution in [0.15, 0.2) is 30.3 Å². The van der Waals surface area contributed by atoms with Gasteiger partial charge in [0.05, 0.1) is 12.2 Å². The minimum absolute atomic E-state index is 0.393. The monoisotopic (exact) mass is 194 g/mol. The molecule has 0 aliphatic carbocycles. The highest BCUT2D eigenvalue weighted by molar-refractivity contribution is 5.14. The first-order chi connectivity index (χ1) is 6.68. The molecule has 0 radical (unpaired) electrons. The molecule has 78 valence electrons. The summed E-state index contributed by atoms with van der Waals surface area (Å²) in [6, 6.07) is 10.1. The van der Waals surface area contributed by atoms with Crippen LogP contribution in [0.3, 0.4) is 0 Å². The Balaban J connectivity index is 2.27. The Morgan fingerprint density at radius 2 is 1.79 bits per heavy atom. The van der Waals surface area contributed by atoms with Crippen molar-refractivity contribution < 1.29 is 10.2 Å². The van der Waals surface area contributed by atoms with Crippen molar-refractivity contribution in [3.05, 3.63) is 35.9 Å². The highest BCUT2D eigenvalue weighted by Crippen LogP contribution is 2.08. The number of hydrogen-bond donors (Lipinski definition) is 2. The summed E-state index contributed by atoms with van der Waals surface area (Å²) in [7, 11) is 0. The zero-order chi connectivity index (χ0) is 10.4. The fraction of sp³-hybridized carbons (Fsp3) is 0.500. The third-order valence-electron chi connectivity index (χ3n) is 2.22. The lowest BCUT2D eigenvalue weighted by atomic mass is 10.0. The van der Waals surface area contributed by atoms with Gasteiger partial charge < -0.3 is 10.2 Å². The van der Waals surface area contributed by atoms with Gasteiger partial charge in [-0.3, -0.25) is 0 Å². The predicted molar refractivity (Wildman–Crippen MR) is 57.1 cm³/mol. The molecular formula is C12H18O2. The zero-order valence-electron chi connectivity index (χ0n) is 8.56. The highest BCUT2D eigenvalue weighted by Gasteiger charge is 2.07. The second kappa shape index (κ2) is 5.78. The molecule has 0 aliphatic rings. The van der Waals surface area contributed by atoms with E-state index in [4.69, 9.17) is 5.11 Å². The minimum Gasteiger partial charge on any atom is -0.393 e. The van der Waals surface area contributed by atoms with Gasteiger partial charge in [0, 0.05) is 0 Å². The van der Waals surface area contributed by atoms with Crippen LogP contribution >= 0.6 is 0 Å². The van der Waals surface area contributed by atoms with Crippen molar-refractivity contribution in [1.29, 1.82) is 0 Å². The van der Waals surface area contributed by atoms with E-state index < -0.39 is 12.2 Å². The lowest BCUT2D eigenvalue weighted by molar-refractivity contribution is 0.0854. The van der Waals surface area contributed by atoms with E-state index in [0.717, 1.165) is 12.8 Å². The molecule has 0 spiro atoms. The van der Waals surface area contributed by atoms with Crippen molar-refractivity contribution in [3.8, 4) is 0 Å². The maximum atomic E-state index is 9.52. The van der Waals surface area contributed by atoms with Gasteiger partial charge in [0.25, 0.3) is 0 Å². The largest absolute Gasteiger partial charge is 0.393 e. The first kappa shape index (κ1) is 11.2. The fourth-order valence-electron chi connectivity index (χ4n) is 1.49. The van der Waals surface area contributed by atoms with Gasteiger partial charge in [-0.15, -0.1) is 0 Å². The molecule has 2 heteroatoms. The molecule has 2 nitrogen and oxygen atoms in total. The predicted octanol–water partition coefficient (Wildman–Crippen LogP) is 1.75. The highest BCUT2D eigenvalue weighted by atomic mass is 16.3. The van der Waals surface area contributed by atoms with Gasteiger partial charge in [0.1, 0.15) is 0 Å². The number of hydrogen-bond acceptors (Lipinski definition) is 2. The summed E-state index contributed by atoms with van der Waals surface area (Å²) in [6.07, 6.45) is 1.24. The molecule has 1 aromatic rings. The Labute approximate surface area is 85.2 Å². The normalized spacial score (nSPS) is 15.1. The lowest BCUT2D eigenvalue weighted by Crippen LogP contribution is -2.15. The molecule has 2 atom stereocenters. The summed E-state index contributed by atoms with van der Waals surface area (Å²) in [6.45, 7) is 1.70. The Kier molecular flexibility index (Phi) is 4.63. The Hall–Kier alpha value is -0.860. The Bertz CT molecular complexity index is 244. The van der Waals surface area contributed by atoms with Crippen molar-refractivity contribution >= 4 is 0 Å². The number of benzene rings is 1. The fourth-order valence-corrected chi connectivity index (χ4v) is 1.49. The van der Waals surface area contributed by atoms with E-state index in [-0.39, 0.29) is 0 Å².